The third-order valence-electron chi connectivity index (χ3n) is 5.78. The smallest absolute Gasteiger partial charge is 0.343 e. The van der Waals surface area contributed by atoms with E-state index >= 15 is 0 Å². The van der Waals surface area contributed by atoms with Crippen LogP contribution < -0.4 is 5.32 Å². The summed E-state index contributed by atoms with van der Waals surface area (Å²) in [5.74, 6) is 0. The third kappa shape index (κ3) is 5.61. The van der Waals surface area contributed by atoms with Gasteiger partial charge in [0.2, 0.25) is 0 Å². The maximum absolute atomic E-state index is 14.2. The Morgan fingerprint density at radius 1 is 0.971 bits per heavy atom. The first-order chi connectivity index (χ1) is 16.3. The van der Waals surface area contributed by atoms with Crippen molar-refractivity contribution >= 4 is 22.5 Å². The van der Waals surface area contributed by atoms with E-state index in [2.05, 4.69) is 11.4 Å². The molecule has 1 aromatic heterocycles. The van der Waals surface area contributed by atoms with Crippen molar-refractivity contribution in [2.75, 3.05) is 6.54 Å². The van der Waals surface area contributed by atoms with E-state index in [1.165, 1.54) is 0 Å². The Hall–Kier alpha value is -3.27. The Labute approximate surface area is 201 Å². The molecule has 0 spiro atoms. The summed E-state index contributed by atoms with van der Waals surface area (Å²) in [6.07, 6.45) is -1.65. The number of nitriles is 1. The summed E-state index contributed by atoms with van der Waals surface area (Å²) in [5.41, 5.74) is 3.13. The van der Waals surface area contributed by atoms with Gasteiger partial charge in [-0.15, -0.1) is 0 Å². The Bertz CT molecular complexity index is 1290. The average Bonchev–Trinajstić information content (AvgIpc) is 3.17. The molecule has 1 N–H and O–H groups in total. The van der Waals surface area contributed by atoms with Crippen LogP contribution in [0.5, 0.6) is 0 Å². The number of alkyl halides is 3. The summed E-state index contributed by atoms with van der Waals surface area (Å²) in [6, 6.07) is 21.9. The van der Waals surface area contributed by atoms with E-state index in [1.807, 2.05) is 42.5 Å². The molecule has 1 heterocycles. The topological polar surface area (TPSA) is 40.8 Å². The summed E-state index contributed by atoms with van der Waals surface area (Å²) < 4.78 is 44.3. The fourth-order valence-electron chi connectivity index (χ4n) is 4.12. The van der Waals surface area contributed by atoms with E-state index < -0.39 is 12.2 Å². The Morgan fingerprint density at radius 3 is 2.38 bits per heavy atom. The molecule has 0 aliphatic heterocycles. The fraction of sp³-hybridized carbons (Fsp3) is 0.222. The molecule has 34 heavy (non-hydrogen) atoms. The predicted molar refractivity (Wildman–Crippen MR) is 129 cm³/mol. The lowest BCUT2D eigenvalue weighted by Gasteiger charge is -2.21. The molecule has 0 aliphatic rings. The molecule has 0 saturated carbocycles. The lowest BCUT2D eigenvalue weighted by molar-refractivity contribution is -0.157. The van der Waals surface area contributed by atoms with Crippen molar-refractivity contribution in [3.05, 3.63) is 106 Å². The number of fused-ring (bicyclic) bond motifs is 1. The van der Waals surface area contributed by atoms with Gasteiger partial charge in [0, 0.05) is 34.2 Å². The Kier molecular flexibility index (Phi) is 7.26. The molecule has 3 aromatic carbocycles. The van der Waals surface area contributed by atoms with Crippen LogP contribution in [0.4, 0.5) is 13.2 Å². The molecule has 0 aliphatic carbocycles. The van der Waals surface area contributed by atoms with E-state index in [1.54, 1.807) is 41.1 Å². The highest BCUT2D eigenvalue weighted by Gasteiger charge is 2.42. The first-order valence-electron chi connectivity index (χ1n) is 11.0. The zero-order chi connectivity index (χ0) is 24.1. The second-order valence-electron chi connectivity index (χ2n) is 8.20. The molecule has 3 nitrogen and oxygen atoms in total. The normalized spacial score (nSPS) is 12.6. The maximum atomic E-state index is 14.2. The number of benzene rings is 3. The second kappa shape index (κ2) is 10.3. The first kappa shape index (κ1) is 23.9. The highest BCUT2D eigenvalue weighted by molar-refractivity contribution is 6.30. The van der Waals surface area contributed by atoms with Crippen LogP contribution >= 0.6 is 11.6 Å². The molecule has 1 unspecified atom stereocenters. The Morgan fingerprint density at radius 2 is 1.71 bits per heavy atom. The molecule has 0 bridgehead atoms. The highest BCUT2D eigenvalue weighted by Crippen LogP contribution is 2.38. The van der Waals surface area contributed by atoms with Gasteiger partial charge in [-0.2, -0.15) is 18.4 Å². The van der Waals surface area contributed by atoms with Crippen molar-refractivity contribution in [2.24, 2.45) is 0 Å². The van der Waals surface area contributed by atoms with Crippen LogP contribution in [0.1, 0.15) is 34.7 Å². The quantitative estimate of drug-likeness (QED) is 0.274. The van der Waals surface area contributed by atoms with Crippen molar-refractivity contribution in [2.45, 2.75) is 31.6 Å². The number of halogens is 4. The van der Waals surface area contributed by atoms with E-state index in [0.29, 0.717) is 40.9 Å². The number of hydrogen-bond donors (Lipinski definition) is 1. The number of aryl methyl sites for hydroxylation is 1. The lowest BCUT2D eigenvalue weighted by Crippen LogP contribution is -2.34. The summed E-state index contributed by atoms with van der Waals surface area (Å²) >= 11 is 5.97. The maximum Gasteiger partial charge on any atom is 0.407 e. The standard InChI is InChI=1S/C27H23ClF3N3/c28-22-11-8-20(9-12-22)17-34-18-24(23-13-10-21(16-32)15-25(23)34)26(27(29,30)31)33-14-4-7-19-5-2-1-3-6-19/h1-3,5-6,8-13,15,18,26,33H,4,7,14,17H2. The predicted octanol–water partition coefficient (Wildman–Crippen LogP) is 7.04. The van der Waals surface area contributed by atoms with Crippen LogP contribution in [-0.2, 0) is 13.0 Å². The largest absolute Gasteiger partial charge is 0.407 e. The first-order valence-corrected chi connectivity index (χ1v) is 11.3. The summed E-state index contributed by atoms with van der Waals surface area (Å²) in [4.78, 5) is 0. The molecule has 174 valence electrons. The SMILES string of the molecule is N#Cc1ccc2c(C(NCCCc3ccccc3)C(F)(F)F)cn(Cc3ccc(Cl)cc3)c2c1. The molecule has 4 rings (SSSR count). The van der Waals surface area contributed by atoms with E-state index in [0.717, 1.165) is 11.1 Å². The molecule has 0 fully saturated rings. The van der Waals surface area contributed by atoms with Gasteiger partial charge in [0.15, 0.2) is 0 Å². The molecule has 0 radical (unpaired) electrons. The van der Waals surface area contributed by atoms with E-state index in [4.69, 9.17) is 11.6 Å². The number of nitrogens with zero attached hydrogens (tertiary/aromatic N) is 2. The lowest BCUT2D eigenvalue weighted by atomic mass is 10.0. The van der Waals surface area contributed by atoms with Crippen molar-refractivity contribution in [3.8, 4) is 6.07 Å². The third-order valence-corrected chi connectivity index (χ3v) is 6.03. The van der Waals surface area contributed by atoms with Crippen LogP contribution in [0.2, 0.25) is 5.02 Å². The van der Waals surface area contributed by atoms with Gasteiger partial charge in [-0.3, -0.25) is 0 Å². The molecular weight excluding hydrogens is 459 g/mol. The minimum atomic E-state index is -4.47. The van der Waals surface area contributed by atoms with E-state index in [-0.39, 0.29) is 12.1 Å². The number of aromatic nitrogens is 1. The summed E-state index contributed by atoms with van der Waals surface area (Å²) in [5, 5.41) is 13.1. The minimum Gasteiger partial charge on any atom is -0.343 e. The fourth-order valence-corrected chi connectivity index (χ4v) is 4.25. The molecule has 0 amide bonds. The van der Waals surface area contributed by atoms with Crippen molar-refractivity contribution in [1.29, 1.82) is 5.26 Å². The number of rotatable bonds is 8. The van der Waals surface area contributed by atoms with Gasteiger partial charge in [0.05, 0.1) is 11.6 Å². The van der Waals surface area contributed by atoms with Crippen LogP contribution in [0, 0.1) is 11.3 Å². The molecule has 7 heteroatoms. The minimum absolute atomic E-state index is 0.153. The van der Waals surface area contributed by atoms with Gasteiger partial charge < -0.3 is 9.88 Å². The van der Waals surface area contributed by atoms with Crippen molar-refractivity contribution < 1.29 is 13.2 Å². The number of nitrogens with one attached hydrogen (secondary N) is 1. The average molecular weight is 482 g/mol. The summed E-state index contributed by atoms with van der Waals surface area (Å²) in [7, 11) is 0. The van der Waals surface area contributed by atoms with E-state index in [9.17, 15) is 18.4 Å². The zero-order valence-electron chi connectivity index (χ0n) is 18.3. The van der Waals surface area contributed by atoms with Crippen LogP contribution in [-0.4, -0.2) is 17.3 Å². The van der Waals surface area contributed by atoms with Crippen molar-refractivity contribution in [1.82, 2.24) is 9.88 Å². The monoisotopic (exact) mass is 481 g/mol. The second-order valence-corrected chi connectivity index (χ2v) is 8.64. The summed E-state index contributed by atoms with van der Waals surface area (Å²) in [6.45, 7) is 0.584. The van der Waals surface area contributed by atoms with Crippen molar-refractivity contribution in [3.63, 3.8) is 0 Å². The van der Waals surface area contributed by atoms with Crippen LogP contribution in [0.3, 0.4) is 0 Å². The van der Waals surface area contributed by atoms with Gasteiger partial charge in [-0.05, 0) is 54.8 Å². The van der Waals surface area contributed by atoms with Gasteiger partial charge >= 0.3 is 6.18 Å². The molecule has 4 aromatic rings. The number of hydrogen-bond acceptors (Lipinski definition) is 2. The van der Waals surface area contributed by atoms with Gasteiger partial charge in [-0.25, -0.2) is 0 Å². The van der Waals surface area contributed by atoms with Gasteiger partial charge in [-0.1, -0.05) is 60.1 Å². The molecule has 0 saturated heterocycles. The molecular formula is C27H23ClF3N3. The Balaban J connectivity index is 1.63. The zero-order valence-corrected chi connectivity index (χ0v) is 19.1. The van der Waals surface area contributed by atoms with Gasteiger partial charge in [0.1, 0.15) is 6.04 Å². The van der Waals surface area contributed by atoms with Crippen LogP contribution in [0.25, 0.3) is 10.9 Å². The van der Waals surface area contributed by atoms with Gasteiger partial charge in [0.25, 0.3) is 0 Å². The van der Waals surface area contributed by atoms with Crippen LogP contribution in [0.15, 0.2) is 79.0 Å². The molecule has 1 atom stereocenters. The highest BCUT2D eigenvalue weighted by atomic mass is 35.5.